The first-order chi connectivity index (χ1) is 9.09. The lowest BCUT2D eigenvalue weighted by molar-refractivity contribution is -0.874. The molecule has 0 saturated carbocycles. The Bertz CT molecular complexity index is 543. The molecule has 0 aliphatic carbocycles. The number of nitrogens with zero attached hydrogens (tertiary/aromatic N) is 1. The van der Waals surface area contributed by atoms with Crippen LogP contribution in [-0.2, 0) is 13.5 Å². The first kappa shape index (κ1) is 13.6. The molecule has 1 heterocycles. The third-order valence-corrected chi connectivity index (χ3v) is 3.49. The topological polar surface area (TPSA) is 26.4 Å². The number of hydrogen-bond donors (Lipinski definition) is 1. The molecule has 100 valence electrons. The van der Waals surface area contributed by atoms with Gasteiger partial charge in [-0.15, -0.1) is 0 Å². The summed E-state index contributed by atoms with van der Waals surface area (Å²) in [6.07, 6.45) is 2.69. The zero-order valence-corrected chi connectivity index (χ0v) is 11.8. The van der Waals surface area contributed by atoms with Gasteiger partial charge in [0.1, 0.15) is 0 Å². The fourth-order valence-electron chi connectivity index (χ4n) is 2.30. The van der Waals surface area contributed by atoms with Crippen LogP contribution < -0.4 is 4.90 Å². The molecule has 0 unspecified atom stereocenters. The van der Waals surface area contributed by atoms with Gasteiger partial charge in [0.15, 0.2) is 6.04 Å². The number of carbonyl (C=O) groups is 1. The normalized spacial score (nSPS) is 12.6. The number of benzene rings is 1. The molecule has 3 heteroatoms. The van der Waals surface area contributed by atoms with Crippen LogP contribution >= 0.6 is 0 Å². The quantitative estimate of drug-likeness (QED) is 0.794. The Morgan fingerprint density at radius 3 is 2.37 bits per heavy atom. The summed E-state index contributed by atoms with van der Waals surface area (Å²) in [5.41, 5.74) is 1.98. The second-order valence-electron chi connectivity index (χ2n) is 5.19. The van der Waals surface area contributed by atoms with Crippen LogP contribution in [0.5, 0.6) is 0 Å². The van der Waals surface area contributed by atoms with E-state index in [2.05, 4.69) is 12.1 Å². The van der Waals surface area contributed by atoms with Crippen LogP contribution in [0.3, 0.4) is 0 Å². The average molecular weight is 257 g/mol. The monoisotopic (exact) mass is 257 g/mol. The van der Waals surface area contributed by atoms with E-state index in [0.717, 1.165) is 17.0 Å². The molecule has 0 bridgehead atoms. The van der Waals surface area contributed by atoms with Gasteiger partial charge < -0.3 is 9.47 Å². The van der Waals surface area contributed by atoms with Crippen LogP contribution in [0.15, 0.2) is 48.7 Å². The Balaban J connectivity index is 2.22. The van der Waals surface area contributed by atoms with Gasteiger partial charge >= 0.3 is 0 Å². The van der Waals surface area contributed by atoms with Crippen LogP contribution in [0.1, 0.15) is 16.1 Å². The zero-order valence-electron chi connectivity index (χ0n) is 11.8. The number of aryl methyl sites for hydroxylation is 1. The number of hydrogen-bond acceptors (Lipinski definition) is 1. The van der Waals surface area contributed by atoms with Gasteiger partial charge in [-0.3, -0.25) is 4.79 Å². The van der Waals surface area contributed by atoms with Crippen molar-refractivity contribution in [2.75, 3.05) is 14.1 Å². The Morgan fingerprint density at radius 1 is 1.16 bits per heavy atom. The van der Waals surface area contributed by atoms with Crippen LogP contribution in [0.2, 0.25) is 0 Å². The molecule has 0 aliphatic heterocycles. The molecule has 0 amide bonds. The van der Waals surface area contributed by atoms with Crippen molar-refractivity contribution in [3.8, 4) is 0 Å². The maximum absolute atomic E-state index is 12.6. The molecule has 1 N–H and O–H groups in total. The molecule has 0 fully saturated rings. The summed E-state index contributed by atoms with van der Waals surface area (Å²) in [4.78, 5) is 13.8. The number of ketones is 1. The first-order valence-corrected chi connectivity index (χ1v) is 6.59. The number of quaternary nitrogens is 1. The molecular formula is C16H21N2O+. The second kappa shape index (κ2) is 5.85. The van der Waals surface area contributed by atoms with Crippen molar-refractivity contribution in [3.63, 3.8) is 0 Å². The van der Waals surface area contributed by atoms with Gasteiger partial charge in [-0.05, 0) is 17.7 Å². The van der Waals surface area contributed by atoms with E-state index in [4.69, 9.17) is 0 Å². The van der Waals surface area contributed by atoms with Crippen molar-refractivity contribution in [1.29, 1.82) is 0 Å². The lowest BCUT2D eigenvalue weighted by Gasteiger charge is -2.20. The van der Waals surface area contributed by atoms with E-state index in [9.17, 15) is 4.79 Å². The van der Waals surface area contributed by atoms with E-state index in [1.165, 1.54) is 5.56 Å². The summed E-state index contributed by atoms with van der Waals surface area (Å²) in [5.74, 6) is 0.205. The first-order valence-electron chi connectivity index (χ1n) is 6.59. The lowest BCUT2D eigenvalue weighted by Crippen LogP contribution is -3.11. The van der Waals surface area contributed by atoms with Gasteiger partial charge in [-0.25, -0.2) is 0 Å². The average Bonchev–Trinajstić information content (AvgIpc) is 2.82. The minimum absolute atomic E-state index is 0.0454. The number of nitrogens with one attached hydrogen (secondary N) is 1. The molecule has 3 nitrogen and oxygen atoms in total. The van der Waals surface area contributed by atoms with Gasteiger partial charge in [0, 0.05) is 19.7 Å². The highest BCUT2D eigenvalue weighted by Crippen LogP contribution is 2.08. The molecule has 0 spiro atoms. The van der Waals surface area contributed by atoms with Crippen molar-refractivity contribution in [2.45, 2.75) is 12.5 Å². The second-order valence-corrected chi connectivity index (χ2v) is 5.19. The predicted molar refractivity (Wildman–Crippen MR) is 76.5 cm³/mol. The summed E-state index contributed by atoms with van der Waals surface area (Å²) in [6, 6.07) is 14.0. The maximum atomic E-state index is 12.6. The van der Waals surface area contributed by atoms with Crippen molar-refractivity contribution in [3.05, 3.63) is 59.9 Å². The SMILES string of the molecule is Cn1cccc1C(=O)[C@@H](Cc1ccccc1)[NH+](C)C. The number of Topliss-reactive ketones (excluding diaryl/α,β-unsaturated/α-hetero) is 1. The third-order valence-electron chi connectivity index (χ3n) is 3.49. The highest BCUT2D eigenvalue weighted by molar-refractivity contribution is 5.98. The van der Waals surface area contributed by atoms with E-state index in [0.29, 0.717) is 0 Å². The third kappa shape index (κ3) is 3.12. The summed E-state index contributed by atoms with van der Waals surface area (Å²) < 4.78 is 1.89. The van der Waals surface area contributed by atoms with Gasteiger partial charge in [0.25, 0.3) is 0 Å². The molecule has 0 radical (unpaired) electrons. The van der Waals surface area contributed by atoms with Gasteiger partial charge in [-0.2, -0.15) is 0 Å². The summed E-state index contributed by atoms with van der Waals surface area (Å²) >= 11 is 0. The van der Waals surface area contributed by atoms with E-state index in [1.807, 2.05) is 62.2 Å². The minimum atomic E-state index is -0.0454. The van der Waals surface area contributed by atoms with Crippen molar-refractivity contribution in [2.24, 2.45) is 7.05 Å². The highest BCUT2D eigenvalue weighted by atomic mass is 16.1. The Labute approximate surface area is 114 Å². The smallest absolute Gasteiger partial charge is 0.236 e. The number of carbonyl (C=O) groups excluding carboxylic acids is 1. The Hall–Kier alpha value is -1.87. The molecule has 1 aromatic carbocycles. The van der Waals surface area contributed by atoms with Crippen LogP contribution in [0.4, 0.5) is 0 Å². The number of aromatic nitrogens is 1. The van der Waals surface area contributed by atoms with E-state index >= 15 is 0 Å². The van der Waals surface area contributed by atoms with Crippen LogP contribution in [-0.4, -0.2) is 30.5 Å². The number of likely N-dealkylation sites (N-methyl/N-ethyl adjacent to an activating group) is 1. The maximum Gasteiger partial charge on any atom is 0.236 e. The van der Waals surface area contributed by atoms with Crippen LogP contribution in [0, 0.1) is 0 Å². The molecular weight excluding hydrogens is 236 g/mol. The fraction of sp³-hybridized carbons (Fsp3) is 0.312. The molecule has 0 saturated heterocycles. The highest BCUT2D eigenvalue weighted by Gasteiger charge is 2.27. The summed E-state index contributed by atoms with van der Waals surface area (Å²) in [5, 5.41) is 0. The van der Waals surface area contributed by atoms with Gasteiger partial charge in [0.2, 0.25) is 5.78 Å². The van der Waals surface area contributed by atoms with E-state index < -0.39 is 0 Å². The zero-order chi connectivity index (χ0) is 13.8. The molecule has 1 aromatic heterocycles. The largest absolute Gasteiger partial charge is 0.348 e. The summed E-state index contributed by atoms with van der Waals surface area (Å²) in [6.45, 7) is 0. The lowest BCUT2D eigenvalue weighted by atomic mass is 10.00. The van der Waals surface area contributed by atoms with Crippen molar-refractivity contribution >= 4 is 5.78 Å². The van der Waals surface area contributed by atoms with Gasteiger partial charge in [0.05, 0.1) is 19.8 Å². The van der Waals surface area contributed by atoms with Crippen LogP contribution in [0.25, 0.3) is 0 Å². The Kier molecular flexibility index (Phi) is 4.17. The van der Waals surface area contributed by atoms with Gasteiger partial charge in [-0.1, -0.05) is 30.3 Å². The van der Waals surface area contributed by atoms with E-state index in [-0.39, 0.29) is 11.8 Å². The molecule has 1 atom stereocenters. The predicted octanol–water partition coefficient (Wildman–Crippen LogP) is 0.964. The molecule has 0 aliphatic rings. The standard InChI is InChI=1S/C16H20N2O/c1-17(2)15(12-13-8-5-4-6-9-13)16(19)14-10-7-11-18(14)3/h4-11,15H,12H2,1-3H3/p+1/t15-/m1/s1. The summed E-state index contributed by atoms with van der Waals surface area (Å²) in [7, 11) is 5.99. The molecule has 19 heavy (non-hydrogen) atoms. The molecule has 2 aromatic rings. The fourth-order valence-corrected chi connectivity index (χ4v) is 2.30. The number of rotatable bonds is 5. The van der Waals surface area contributed by atoms with Crippen molar-refractivity contribution in [1.82, 2.24) is 4.57 Å². The minimum Gasteiger partial charge on any atom is -0.348 e. The Morgan fingerprint density at radius 2 is 1.84 bits per heavy atom. The van der Waals surface area contributed by atoms with E-state index in [1.54, 1.807) is 0 Å². The molecule has 2 rings (SSSR count). The van der Waals surface area contributed by atoms with Crippen molar-refractivity contribution < 1.29 is 9.69 Å².